The number of aryl methyl sites for hydroxylation is 2. The van der Waals surface area contributed by atoms with Gasteiger partial charge in [0.05, 0.1) is 11.1 Å². The number of fused-ring (bicyclic) bond motifs is 3. The number of benzene rings is 1. The lowest BCUT2D eigenvalue weighted by Gasteiger charge is -2.34. The van der Waals surface area contributed by atoms with E-state index in [4.69, 9.17) is 0 Å². The highest BCUT2D eigenvalue weighted by Gasteiger charge is 2.24. The van der Waals surface area contributed by atoms with E-state index in [0.29, 0.717) is 12.1 Å². The van der Waals surface area contributed by atoms with Crippen molar-refractivity contribution in [3.63, 3.8) is 0 Å². The molecule has 0 bridgehead atoms. The molecular weight excluding hydrogens is 322 g/mol. The van der Waals surface area contributed by atoms with E-state index in [1.165, 1.54) is 35.9 Å². The van der Waals surface area contributed by atoms with E-state index in [0.717, 1.165) is 49.9 Å². The molecule has 1 aromatic carbocycles. The number of amides is 1. The van der Waals surface area contributed by atoms with Crippen molar-refractivity contribution < 1.29 is 4.79 Å². The van der Waals surface area contributed by atoms with Gasteiger partial charge in [-0.05, 0) is 64.0 Å². The molecule has 4 heteroatoms. The fourth-order valence-electron chi connectivity index (χ4n) is 4.62. The van der Waals surface area contributed by atoms with E-state index >= 15 is 0 Å². The minimum absolute atomic E-state index is 0.0787. The molecule has 0 unspecified atom stereocenters. The summed E-state index contributed by atoms with van der Waals surface area (Å²) < 4.78 is 0. The molecule has 0 saturated carbocycles. The Morgan fingerprint density at radius 1 is 1.15 bits per heavy atom. The number of aromatic nitrogens is 1. The predicted octanol–water partition coefficient (Wildman–Crippen LogP) is 4.04. The summed E-state index contributed by atoms with van der Waals surface area (Å²) in [7, 11) is 0. The normalized spacial score (nSPS) is 19.5. The number of piperidine rings is 1. The van der Waals surface area contributed by atoms with Crippen LogP contribution in [0.4, 0.5) is 0 Å². The molecule has 2 heterocycles. The Morgan fingerprint density at radius 2 is 1.92 bits per heavy atom. The van der Waals surface area contributed by atoms with E-state index in [1.54, 1.807) is 0 Å². The predicted molar refractivity (Wildman–Crippen MR) is 107 cm³/mol. The number of hydrogen-bond acceptors (Lipinski definition) is 2. The lowest BCUT2D eigenvalue weighted by molar-refractivity contribution is 0.0902. The molecule has 4 nitrogen and oxygen atoms in total. The maximum atomic E-state index is 13.0. The molecule has 0 radical (unpaired) electrons. The molecule has 1 amide bonds. The largest absolute Gasteiger partial charge is 0.358 e. The van der Waals surface area contributed by atoms with Crippen molar-refractivity contribution in [1.29, 1.82) is 0 Å². The van der Waals surface area contributed by atoms with Gasteiger partial charge in [0.2, 0.25) is 0 Å². The van der Waals surface area contributed by atoms with Gasteiger partial charge in [0.25, 0.3) is 5.91 Å². The fraction of sp³-hybridized carbons (Fsp3) is 0.591. The quantitative estimate of drug-likeness (QED) is 0.818. The molecule has 1 aromatic heterocycles. The first kappa shape index (κ1) is 17.6. The van der Waals surface area contributed by atoms with E-state index in [2.05, 4.69) is 35.1 Å². The van der Waals surface area contributed by atoms with Crippen molar-refractivity contribution in [2.45, 2.75) is 70.9 Å². The van der Waals surface area contributed by atoms with Gasteiger partial charge in [0, 0.05) is 36.3 Å². The van der Waals surface area contributed by atoms with Crippen LogP contribution >= 0.6 is 0 Å². The van der Waals surface area contributed by atoms with Crippen LogP contribution in [0.2, 0.25) is 0 Å². The van der Waals surface area contributed by atoms with Crippen LogP contribution in [0.25, 0.3) is 10.9 Å². The second-order valence-electron chi connectivity index (χ2n) is 8.25. The van der Waals surface area contributed by atoms with Gasteiger partial charge >= 0.3 is 0 Å². The van der Waals surface area contributed by atoms with Crippen LogP contribution in [-0.2, 0) is 12.8 Å². The topological polar surface area (TPSA) is 48.1 Å². The zero-order chi connectivity index (χ0) is 18.1. The lowest BCUT2D eigenvalue weighted by atomic mass is 10.0. The van der Waals surface area contributed by atoms with Gasteiger partial charge in [-0.2, -0.15) is 0 Å². The minimum Gasteiger partial charge on any atom is -0.358 e. The Hall–Kier alpha value is -1.81. The second-order valence-corrected chi connectivity index (χ2v) is 8.25. The van der Waals surface area contributed by atoms with Crippen molar-refractivity contribution in [3.8, 4) is 0 Å². The summed E-state index contributed by atoms with van der Waals surface area (Å²) in [5.41, 5.74) is 4.64. The number of carbonyl (C=O) groups excluding carboxylic acids is 1. The average molecular weight is 354 g/mol. The average Bonchev–Trinajstić information content (AvgIpc) is 2.83. The summed E-state index contributed by atoms with van der Waals surface area (Å²) in [6.45, 7) is 6.64. The number of para-hydroxylation sites is 1. The molecule has 1 fully saturated rings. The van der Waals surface area contributed by atoms with E-state index in [1.807, 2.05) is 12.1 Å². The summed E-state index contributed by atoms with van der Waals surface area (Å²) in [4.78, 5) is 19.1. The monoisotopic (exact) mass is 353 g/mol. The zero-order valence-corrected chi connectivity index (χ0v) is 16.1. The smallest absolute Gasteiger partial charge is 0.253 e. The third kappa shape index (κ3) is 3.39. The number of carbonyl (C=O) groups is 1. The first-order valence-corrected chi connectivity index (χ1v) is 10.3. The third-order valence-electron chi connectivity index (χ3n) is 6.22. The van der Waals surface area contributed by atoms with Gasteiger partial charge in [-0.25, -0.2) is 0 Å². The van der Waals surface area contributed by atoms with Gasteiger partial charge in [-0.3, -0.25) is 4.79 Å². The van der Waals surface area contributed by atoms with Crippen LogP contribution in [0.15, 0.2) is 18.2 Å². The van der Waals surface area contributed by atoms with Gasteiger partial charge < -0.3 is 15.2 Å². The van der Waals surface area contributed by atoms with Crippen molar-refractivity contribution in [2.24, 2.45) is 0 Å². The lowest BCUT2D eigenvalue weighted by Crippen LogP contribution is -2.46. The first-order valence-electron chi connectivity index (χ1n) is 10.3. The number of hydrogen-bond donors (Lipinski definition) is 2. The Bertz CT molecular complexity index is 784. The molecule has 140 valence electrons. The Morgan fingerprint density at radius 3 is 2.69 bits per heavy atom. The van der Waals surface area contributed by atoms with E-state index < -0.39 is 0 Å². The number of nitrogens with zero attached hydrogens (tertiary/aromatic N) is 1. The van der Waals surface area contributed by atoms with Crippen molar-refractivity contribution in [3.05, 3.63) is 35.0 Å². The van der Waals surface area contributed by atoms with E-state index in [9.17, 15) is 4.79 Å². The molecule has 2 aliphatic rings. The molecule has 26 heavy (non-hydrogen) atoms. The SMILES string of the molecule is CC(C)N1CCC(NC(=O)c2cccc3c4c([nH]c23)CCCCC4)CC1. The summed E-state index contributed by atoms with van der Waals surface area (Å²) >= 11 is 0. The van der Waals surface area contributed by atoms with Gasteiger partial charge in [-0.15, -0.1) is 0 Å². The molecule has 2 aromatic rings. The summed E-state index contributed by atoms with van der Waals surface area (Å²) in [6.07, 6.45) is 8.13. The van der Waals surface area contributed by atoms with Crippen LogP contribution in [0, 0.1) is 0 Å². The summed E-state index contributed by atoms with van der Waals surface area (Å²) in [6, 6.07) is 7.07. The van der Waals surface area contributed by atoms with Crippen LogP contribution in [-0.4, -0.2) is 41.0 Å². The highest BCUT2D eigenvalue weighted by atomic mass is 16.1. The molecule has 0 spiro atoms. The highest BCUT2D eigenvalue weighted by Crippen LogP contribution is 2.30. The fourth-order valence-corrected chi connectivity index (χ4v) is 4.62. The summed E-state index contributed by atoms with van der Waals surface area (Å²) in [5, 5.41) is 4.55. The van der Waals surface area contributed by atoms with E-state index in [-0.39, 0.29) is 5.91 Å². The van der Waals surface area contributed by atoms with Crippen molar-refractivity contribution in [2.75, 3.05) is 13.1 Å². The Labute approximate surface area is 156 Å². The molecular formula is C22H31N3O. The standard InChI is InChI=1S/C22H31N3O/c1-15(2)25-13-11-16(12-14-25)23-22(26)19-9-6-8-18-17-7-4-3-5-10-20(17)24-21(18)19/h6,8-9,15-16,24H,3-5,7,10-14H2,1-2H3,(H,23,26). The maximum absolute atomic E-state index is 13.0. The molecule has 4 rings (SSSR count). The molecule has 1 aliphatic carbocycles. The van der Waals surface area contributed by atoms with Gasteiger partial charge in [-0.1, -0.05) is 18.6 Å². The highest BCUT2D eigenvalue weighted by molar-refractivity contribution is 6.06. The number of aromatic amines is 1. The maximum Gasteiger partial charge on any atom is 0.253 e. The third-order valence-corrected chi connectivity index (χ3v) is 6.22. The number of likely N-dealkylation sites (tertiary alicyclic amines) is 1. The number of nitrogens with one attached hydrogen (secondary N) is 2. The van der Waals surface area contributed by atoms with Crippen LogP contribution in [0.3, 0.4) is 0 Å². The Balaban J connectivity index is 1.52. The van der Waals surface area contributed by atoms with Crippen molar-refractivity contribution >= 4 is 16.8 Å². The van der Waals surface area contributed by atoms with Crippen molar-refractivity contribution in [1.82, 2.24) is 15.2 Å². The Kier molecular flexibility index (Phi) is 5.03. The molecule has 1 saturated heterocycles. The van der Waals surface area contributed by atoms with Crippen LogP contribution < -0.4 is 5.32 Å². The van der Waals surface area contributed by atoms with Gasteiger partial charge in [0.1, 0.15) is 0 Å². The van der Waals surface area contributed by atoms with Gasteiger partial charge in [0.15, 0.2) is 0 Å². The van der Waals surface area contributed by atoms with Crippen LogP contribution in [0.5, 0.6) is 0 Å². The molecule has 1 aliphatic heterocycles. The first-order chi connectivity index (χ1) is 12.6. The molecule has 0 atom stereocenters. The molecule has 2 N–H and O–H groups in total. The number of H-pyrrole nitrogens is 1. The minimum atomic E-state index is 0.0787. The zero-order valence-electron chi connectivity index (χ0n) is 16.1. The summed E-state index contributed by atoms with van der Waals surface area (Å²) in [5.74, 6) is 0.0787. The number of rotatable bonds is 3. The second kappa shape index (κ2) is 7.43. The van der Waals surface area contributed by atoms with Crippen LogP contribution in [0.1, 0.15) is 67.6 Å².